The lowest BCUT2D eigenvalue weighted by molar-refractivity contribution is -0.118. The van der Waals surface area contributed by atoms with Crippen LogP contribution in [0.4, 0.5) is 0 Å². The minimum Gasteiger partial charge on any atom is -0.508 e. The second-order valence-corrected chi connectivity index (χ2v) is 6.98. The lowest BCUT2D eigenvalue weighted by Gasteiger charge is -2.07. The van der Waals surface area contributed by atoms with Gasteiger partial charge < -0.3 is 10.4 Å². The number of thioether (sulfide) groups is 1. The Morgan fingerprint density at radius 3 is 2.69 bits per heavy atom. The minimum absolute atomic E-state index is 0.143. The molecule has 0 aliphatic carbocycles. The molecular weight excluding hydrogens is 397 g/mol. The van der Waals surface area contributed by atoms with Gasteiger partial charge in [0.1, 0.15) is 5.75 Å². The van der Waals surface area contributed by atoms with Crippen LogP contribution < -0.4 is 5.32 Å². The average Bonchev–Trinajstić information content (AvgIpc) is 3.08. The predicted molar refractivity (Wildman–Crippen MR) is 99.9 cm³/mol. The molecule has 3 aromatic rings. The number of nitrogens with one attached hydrogen (secondary N) is 1. The van der Waals surface area contributed by atoms with Crippen molar-refractivity contribution in [2.24, 2.45) is 0 Å². The van der Waals surface area contributed by atoms with Gasteiger partial charge in [-0.3, -0.25) is 4.79 Å². The molecule has 0 unspecified atom stereocenters. The van der Waals surface area contributed by atoms with E-state index in [0.717, 1.165) is 5.56 Å². The van der Waals surface area contributed by atoms with Crippen molar-refractivity contribution in [2.45, 2.75) is 11.7 Å². The van der Waals surface area contributed by atoms with Gasteiger partial charge in [-0.1, -0.05) is 41.0 Å². The summed E-state index contributed by atoms with van der Waals surface area (Å²) in [6, 6.07) is 11.5. The first-order valence-electron chi connectivity index (χ1n) is 7.44. The number of nitrogens with zero attached hydrogens (tertiary/aromatic N) is 4. The Labute approximate surface area is 163 Å². The zero-order valence-electron chi connectivity index (χ0n) is 13.3. The SMILES string of the molecule is O=C(CSc1nnnn1-c1ccc(O)cc1)NCc1ccc(Cl)cc1Cl. The zero-order chi connectivity index (χ0) is 18.5. The van der Waals surface area contributed by atoms with Crippen molar-refractivity contribution < 1.29 is 9.90 Å². The van der Waals surface area contributed by atoms with E-state index in [2.05, 4.69) is 20.8 Å². The number of phenols is 1. The summed E-state index contributed by atoms with van der Waals surface area (Å²) in [5.74, 6) is 0.112. The molecule has 1 aromatic heterocycles. The molecule has 2 aromatic carbocycles. The van der Waals surface area contributed by atoms with Gasteiger partial charge in [-0.2, -0.15) is 4.68 Å². The monoisotopic (exact) mass is 409 g/mol. The summed E-state index contributed by atoms with van der Waals surface area (Å²) < 4.78 is 1.49. The van der Waals surface area contributed by atoms with Crippen molar-refractivity contribution in [2.75, 3.05) is 5.75 Å². The maximum absolute atomic E-state index is 12.1. The molecule has 0 bridgehead atoms. The van der Waals surface area contributed by atoms with Crippen LogP contribution in [-0.4, -0.2) is 37.0 Å². The van der Waals surface area contributed by atoms with Gasteiger partial charge in [-0.05, 0) is 52.4 Å². The van der Waals surface area contributed by atoms with Crippen LogP contribution in [-0.2, 0) is 11.3 Å². The van der Waals surface area contributed by atoms with Gasteiger partial charge in [0, 0.05) is 16.6 Å². The molecule has 1 heterocycles. The van der Waals surface area contributed by atoms with E-state index in [1.54, 1.807) is 30.3 Å². The van der Waals surface area contributed by atoms with Gasteiger partial charge in [-0.15, -0.1) is 5.10 Å². The normalized spacial score (nSPS) is 10.7. The van der Waals surface area contributed by atoms with E-state index < -0.39 is 0 Å². The molecule has 0 spiro atoms. The van der Waals surface area contributed by atoms with Crippen LogP contribution in [0.2, 0.25) is 10.0 Å². The summed E-state index contributed by atoms with van der Waals surface area (Å²) in [4.78, 5) is 12.1. The molecule has 1 amide bonds. The Hall–Kier alpha value is -2.29. The smallest absolute Gasteiger partial charge is 0.230 e. The summed E-state index contributed by atoms with van der Waals surface area (Å²) in [7, 11) is 0. The predicted octanol–water partition coefficient (Wildman–Crippen LogP) is 3.08. The highest BCUT2D eigenvalue weighted by Gasteiger charge is 2.12. The fourth-order valence-corrected chi connectivity index (χ4v) is 3.26. The highest BCUT2D eigenvalue weighted by molar-refractivity contribution is 7.99. The number of tetrazole rings is 1. The molecule has 0 atom stereocenters. The Kier molecular flexibility index (Phi) is 5.97. The number of aromatic hydroxyl groups is 1. The third-order valence-electron chi connectivity index (χ3n) is 3.36. The average molecular weight is 410 g/mol. The van der Waals surface area contributed by atoms with Crippen molar-refractivity contribution >= 4 is 40.9 Å². The second-order valence-electron chi connectivity index (χ2n) is 5.19. The molecule has 0 fully saturated rings. The fourth-order valence-electron chi connectivity index (χ4n) is 2.06. The number of hydrogen-bond acceptors (Lipinski definition) is 6. The number of aromatic nitrogens is 4. The number of amides is 1. The maximum Gasteiger partial charge on any atom is 0.230 e. The minimum atomic E-state index is -0.179. The molecule has 26 heavy (non-hydrogen) atoms. The summed E-state index contributed by atoms with van der Waals surface area (Å²) in [5.41, 5.74) is 1.46. The Bertz CT molecular complexity index is 917. The Balaban J connectivity index is 1.57. The third kappa shape index (κ3) is 4.66. The first-order valence-corrected chi connectivity index (χ1v) is 9.18. The maximum atomic E-state index is 12.1. The molecule has 0 aliphatic rings. The van der Waals surface area contributed by atoms with Crippen molar-refractivity contribution in [3.63, 3.8) is 0 Å². The number of carbonyl (C=O) groups is 1. The van der Waals surface area contributed by atoms with Gasteiger partial charge in [0.15, 0.2) is 0 Å². The van der Waals surface area contributed by atoms with Crippen molar-refractivity contribution in [1.82, 2.24) is 25.5 Å². The van der Waals surface area contributed by atoms with Gasteiger partial charge in [0.2, 0.25) is 11.1 Å². The first kappa shape index (κ1) is 18.5. The van der Waals surface area contributed by atoms with E-state index >= 15 is 0 Å². The molecule has 0 radical (unpaired) electrons. The molecule has 3 rings (SSSR count). The van der Waals surface area contributed by atoms with E-state index in [-0.39, 0.29) is 17.4 Å². The van der Waals surface area contributed by atoms with Crippen LogP contribution in [0.3, 0.4) is 0 Å². The largest absolute Gasteiger partial charge is 0.508 e. The molecule has 0 saturated heterocycles. The lowest BCUT2D eigenvalue weighted by Crippen LogP contribution is -2.24. The van der Waals surface area contributed by atoms with Crippen LogP contribution in [0, 0.1) is 0 Å². The quantitative estimate of drug-likeness (QED) is 0.607. The highest BCUT2D eigenvalue weighted by Crippen LogP contribution is 2.22. The van der Waals surface area contributed by atoms with Crippen LogP contribution in [0.5, 0.6) is 5.75 Å². The summed E-state index contributed by atoms with van der Waals surface area (Å²) >= 11 is 13.1. The first-order chi connectivity index (χ1) is 12.5. The van der Waals surface area contributed by atoms with E-state index in [1.807, 2.05) is 0 Å². The van der Waals surface area contributed by atoms with E-state index in [1.165, 1.54) is 28.6 Å². The fraction of sp³-hybridized carbons (Fsp3) is 0.125. The second kappa shape index (κ2) is 8.39. The zero-order valence-corrected chi connectivity index (χ0v) is 15.6. The molecule has 7 nitrogen and oxygen atoms in total. The van der Waals surface area contributed by atoms with Gasteiger partial charge in [0.05, 0.1) is 11.4 Å². The van der Waals surface area contributed by atoms with Crippen LogP contribution in [0.25, 0.3) is 5.69 Å². The number of halogens is 2. The topological polar surface area (TPSA) is 92.9 Å². The Morgan fingerprint density at radius 2 is 1.96 bits per heavy atom. The number of rotatable bonds is 6. The summed E-state index contributed by atoms with van der Waals surface area (Å²) in [6.45, 7) is 0.304. The third-order valence-corrected chi connectivity index (χ3v) is 4.86. The number of benzene rings is 2. The van der Waals surface area contributed by atoms with Crippen molar-refractivity contribution in [3.8, 4) is 11.4 Å². The summed E-state index contributed by atoms with van der Waals surface area (Å²) in [5, 5.41) is 25.1. The molecule has 0 saturated carbocycles. The van der Waals surface area contributed by atoms with E-state index in [9.17, 15) is 9.90 Å². The number of phenolic OH excluding ortho intramolecular Hbond substituents is 1. The lowest BCUT2D eigenvalue weighted by atomic mass is 10.2. The molecule has 134 valence electrons. The van der Waals surface area contributed by atoms with Crippen LogP contribution in [0.1, 0.15) is 5.56 Å². The van der Waals surface area contributed by atoms with Crippen LogP contribution in [0.15, 0.2) is 47.6 Å². The molecule has 10 heteroatoms. The standard InChI is InChI=1S/C16H13Cl2N5O2S/c17-11-2-1-10(14(18)7-11)8-19-15(25)9-26-16-20-21-22-23(16)12-3-5-13(24)6-4-12/h1-7,24H,8-9H2,(H,19,25). The van der Waals surface area contributed by atoms with E-state index in [4.69, 9.17) is 23.2 Å². The van der Waals surface area contributed by atoms with Crippen molar-refractivity contribution in [1.29, 1.82) is 0 Å². The molecular formula is C16H13Cl2N5O2S. The Morgan fingerprint density at radius 1 is 1.19 bits per heavy atom. The van der Waals surface area contributed by atoms with Gasteiger partial charge in [0.25, 0.3) is 0 Å². The van der Waals surface area contributed by atoms with Gasteiger partial charge >= 0.3 is 0 Å². The van der Waals surface area contributed by atoms with Gasteiger partial charge in [-0.25, -0.2) is 0 Å². The number of hydrogen-bond donors (Lipinski definition) is 2. The summed E-state index contributed by atoms with van der Waals surface area (Å²) in [6.07, 6.45) is 0. The molecule has 2 N–H and O–H groups in total. The van der Waals surface area contributed by atoms with Crippen LogP contribution >= 0.6 is 35.0 Å². The van der Waals surface area contributed by atoms with E-state index in [0.29, 0.717) is 27.4 Å². The van der Waals surface area contributed by atoms with Crippen molar-refractivity contribution in [3.05, 3.63) is 58.1 Å². The highest BCUT2D eigenvalue weighted by atomic mass is 35.5. The number of carbonyl (C=O) groups excluding carboxylic acids is 1. The molecule has 0 aliphatic heterocycles.